The highest BCUT2D eigenvalue weighted by atomic mass is 16.5. The number of likely N-dealkylation sites (tertiary alicyclic amines) is 1. The van der Waals surface area contributed by atoms with Crippen LogP contribution in [0.5, 0.6) is 0 Å². The molecule has 41 heavy (non-hydrogen) atoms. The summed E-state index contributed by atoms with van der Waals surface area (Å²) in [5.41, 5.74) is 2.42. The standard InChI is InChI=1S/C33H37N3O5/c1-4-24(20-37)36-29-32(40)35(25-18-21(2)13-14-22(25)3)17-9-15-33(29)28(31(36)39)27-26(41-33)12-8-16-34(30(27)38)19-23-10-6-5-7-11-23/h5-15,18,24,26-29,37H,4,16-17,19-20H2,1-3H3/t24-,26+,27-,28-,29?,33-/m0/s1. The zero-order valence-electron chi connectivity index (χ0n) is 23.8. The number of amides is 3. The van der Waals surface area contributed by atoms with Crippen molar-refractivity contribution in [3.8, 4) is 0 Å². The lowest BCUT2D eigenvalue weighted by Crippen LogP contribution is -2.58. The van der Waals surface area contributed by atoms with Gasteiger partial charge in [0.05, 0.1) is 30.6 Å². The Labute approximate surface area is 240 Å². The van der Waals surface area contributed by atoms with Crippen molar-refractivity contribution in [2.24, 2.45) is 11.8 Å². The van der Waals surface area contributed by atoms with E-state index in [1.165, 1.54) is 4.90 Å². The second kappa shape index (κ2) is 10.6. The number of carbonyl (C=O) groups is 3. The molecule has 0 bridgehead atoms. The fourth-order valence-electron chi connectivity index (χ4n) is 7.11. The van der Waals surface area contributed by atoms with E-state index in [1.54, 1.807) is 9.80 Å². The smallest absolute Gasteiger partial charge is 0.253 e. The lowest BCUT2D eigenvalue weighted by molar-refractivity contribution is -0.147. The van der Waals surface area contributed by atoms with E-state index in [9.17, 15) is 19.5 Å². The van der Waals surface area contributed by atoms with Gasteiger partial charge in [-0.3, -0.25) is 14.4 Å². The quantitative estimate of drug-likeness (QED) is 0.553. The Hall–Kier alpha value is -3.75. The number of nitrogens with zero attached hydrogens (tertiary/aromatic N) is 3. The lowest BCUT2D eigenvalue weighted by atomic mass is 9.77. The number of aliphatic hydroxyl groups excluding tert-OH is 1. The molecule has 214 valence electrons. The van der Waals surface area contributed by atoms with Gasteiger partial charge >= 0.3 is 0 Å². The maximum atomic E-state index is 14.6. The third-order valence-electron chi connectivity index (χ3n) is 9.13. The van der Waals surface area contributed by atoms with Gasteiger partial charge in [0, 0.05) is 25.3 Å². The van der Waals surface area contributed by atoms with Crippen LogP contribution < -0.4 is 4.90 Å². The van der Waals surface area contributed by atoms with Gasteiger partial charge in [0.2, 0.25) is 11.8 Å². The van der Waals surface area contributed by atoms with Crippen molar-refractivity contribution >= 4 is 23.4 Å². The summed E-state index contributed by atoms with van der Waals surface area (Å²) in [6, 6.07) is 14.2. The summed E-state index contributed by atoms with van der Waals surface area (Å²) in [6.07, 6.45) is 7.37. The van der Waals surface area contributed by atoms with Crippen LogP contribution in [-0.2, 0) is 25.7 Å². The second-order valence-electron chi connectivity index (χ2n) is 11.6. The van der Waals surface area contributed by atoms with Crippen LogP contribution in [0.1, 0.15) is 30.0 Å². The molecule has 4 aliphatic heterocycles. The van der Waals surface area contributed by atoms with Crippen molar-refractivity contribution in [3.63, 3.8) is 0 Å². The number of hydrogen-bond donors (Lipinski definition) is 1. The SMILES string of the molecule is CC[C@@H](CO)N1C(=O)[C@@H]2[C@H]3C(=O)N(Cc4ccccc4)CC=C[C@H]3O[C@@]23C=CCN(c2cc(C)ccc2C)C(=O)C13. The summed E-state index contributed by atoms with van der Waals surface area (Å²) in [6.45, 7) is 6.68. The normalized spacial score (nSPS) is 29.8. The highest BCUT2D eigenvalue weighted by molar-refractivity contribution is 6.06. The Morgan fingerprint density at radius 3 is 2.51 bits per heavy atom. The molecule has 4 aliphatic rings. The number of aliphatic hydroxyl groups is 1. The fourth-order valence-corrected chi connectivity index (χ4v) is 7.11. The molecule has 3 amide bonds. The summed E-state index contributed by atoms with van der Waals surface area (Å²) >= 11 is 0. The molecular formula is C33H37N3O5. The minimum absolute atomic E-state index is 0.159. The Balaban J connectivity index is 1.44. The zero-order chi connectivity index (χ0) is 28.9. The molecule has 8 heteroatoms. The molecule has 6 atom stereocenters. The minimum atomic E-state index is -1.33. The molecule has 1 unspecified atom stereocenters. The Kier molecular flexibility index (Phi) is 7.08. The van der Waals surface area contributed by atoms with Crippen molar-refractivity contribution in [2.75, 3.05) is 24.6 Å². The Morgan fingerprint density at radius 2 is 1.78 bits per heavy atom. The minimum Gasteiger partial charge on any atom is -0.394 e. The first kappa shape index (κ1) is 27.4. The summed E-state index contributed by atoms with van der Waals surface area (Å²) in [5, 5.41) is 10.3. The van der Waals surface area contributed by atoms with E-state index < -0.39 is 35.6 Å². The third kappa shape index (κ3) is 4.32. The van der Waals surface area contributed by atoms with Gasteiger partial charge in [-0.2, -0.15) is 0 Å². The molecule has 6 rings (SSSR count). The maximum Gasteiger partial charge on any atom is 0.253 e. The fraction of sp³-hybridized carbons (Fsp3) is 0.424. The molecular weight excluding hydrogens is 518 g/mol. The van der Waals surface area contributed by atoms with Gasteiger partial charge in [-0.25, -0.2) is 0 Å². The van der Waals surface area contributed by atoms with Crippen molar-refractivity contribution in [1.29, 1.82) is 0 Å². The molecule has 0 aliphatic carbocycles. The van der Waals surface area contributed by atoms with Gasteiger partial charge < -0.3 is 24.5 Å². The van der Waals surface area contributed by atoms with Crippen LogP contribution in [0.2, 0.25) is 0 Å². The van der Waals surface area contributed by atoms with E-state index in [0.29, 0.717) is 26.1 Å². The van der Waals surface area contributed by atoms with Crippen molar-refractivity contribution in [3.05, 3.63) is 89.5 Å². The van der Waals surface area contributed by atoms with Crippen molar-refractivity contribution < 1.29 is 24.2 Å². The predicted octanol–water partition coefficient (Wildman–Crippen LogP) is 3.16. The van der Waals surface area contributed by atoms with Crippen LogP contribution in [-0.4, -0.2) is 76.1 Å². The molecule has 1 N–H and O–H groups in total. The number of anilines is 1. The summed E-state index contributed by atoms with van der Waals surface area (Å²) in [7, 11) is 0. The van der Waals surface area contributed by atoms with Gasteiger partial charge in [0.1, 0.15) is 11.6 Å². The highest BCUT2D eigenvalue weighted by Gasteiger charge is 2.72. The van der Waals surface area contributed by atoms with Gasteiger partial charge in [-0.15, -0.1) is 0 Å². The number of aryl methyl sites for hydroxylation is 2. The first-order chi connectivity index (χ1) is 19.8. The molecule has 2 saturated heterocycles. The van der Waals surface area contributed by atoms with E-state index >= 15 is 0 Å². The monoisotopic (exact) mass is 555 g/mol. The topological polar surface area (TPSA) is 90.4 Å². The summed E-state index contributed by atoms with van der Waals surface area (Å²) in [5.74, 6) is -2.40. The van der Waals surface area contributed by atoms with Crippen LogP contribution in [0.15, 0.2) is 72.8 Å². The van der Waals surface area contributed by atoms with Crippen LogP contribution in [0.4, 0.5) is 5.69 Å². The molecule has 2 aromatic carbocycles. The molecule has 8 nitrogen and oxygen atoms in total. The molecule has 2 fully saturated rings. The van der Waals surface area contributed by atoms with Crippen LogP contribution in [0.3, 0.4) is 0 Å². The van der Waals surface area contributed by atoms with Crippen molar-refractivity contribution in [2.45, 2.75) is 57.5 Å². The third-order valence-corrected chi connectivity index (χ3v) is 9.13. The summed E-state index contributed by atoms with van der Waals surface area (Å²) in [4.78, 5) is 48.2. The van der Waals surface area contributed by atoms with Gasteiger partial charge in [0.25, 0.3) is 5.91 Å². The largest absolute Gasteiger partial charge is 0.394 e. The first-order valence-corrected chi connectivity index (χ1v) is 14.5. The Bertz CT molecular complexity index is 1420. The van der Waals surface area contributed by atoms with Crippen LogP contribution in [0, 0.1) is 25.7 Å². The number of benzene rings is 2. The zero-order valence-corrected chi connectivity index (χ0v) is 23.8. The Morgan fingerprint density at radius 1 is 1.00 bits per heavy atom. The highest BCUT2D eigenvalue weighted by Crippen LogP contribution is 2.54. The maximum absolute atomic E-state index is 14.6. The van der Waals surface area contributed by atoms with Crippen LogP contribution >= 0.6 is 0 Å². The van der Waals surface area contributed by atoms with E-state index in [-0.39, 0.29) is 24.3 Å². The number of hydrogen-bond acceptors (Lipinski definition) is 5. The van der Waals surface area contributed by atoms with Gasteiger partial charge in [0.15, 0.2) is 0 Å². The number of fused-ring (bicyclic) bond motifs is 2. The van der Waals surface area contributed by atoms with Gasteiger partial charge in [-0.05, 0) is 43.0 Å². The first-order valence-electron chi connectivity index (χ1n) is 14.5. The van der Waals surface area contributed by atoms with Crippen molar-refractivity contribution in [1.82, 2.24) is 9.80 Å². The lowest BCUT2D eigenvalue weighted by Gasteiger charge is -2.38. The summed E-state index contributed by atoms with van der Waals surface area (Å²) < 4.78 is 6.75. The number of rotatable bonds is 6. The molecule has 2 aromatic rings. The van der Waals surface area contributed by atoms with Crippen LogP contribution in [0.25, 0.3) is 0 Å². The number of carbonyl (C=O) groups excluding carboxylic acids is 3. The predicted molar refractivity (Wildman–Crippen MR) is 155 cm³/mol. The average Bonchev–Trinajstić information content (AvgIpc) is 3.29. The molecule has 1 spiro atoms. The number of ether oxygens (including phenoxy) is 1. The molecule has 0 aromatic heterocycles. The molecule has 0 radical (unpaired) electrons. The van der Waals surface area contributed by atoms with Gasteiger partial charge in [-0.1, -0.05) is 73.7 Å². The van der Waals surface area contributed by atoms with E-state index in [1.807, 2.05) is 93.6 Å². The van der Waals surface area contributed by atoms with E-state index in [0.717, 1.165) is 22.4 Å². The molecule has 4 heterocycles. The second-order valence-corrected chi connectivity index (χ2v) is 11.6. The van der Waals surface area contributed by atoms with E-state index in [2.05, 4.69) is 0 Å². The average molecular weight is 556 g/mol. The molecule has 0 saturated carbocycles. The van der Waals surface area contributed by atoms with E-state index in [4.69, 9.17) is 4.74 Å².